The summed E-state index contributed by atoms with van der Waals surface area (Å²) in [5.74, 6) is -0.824. The zero-order valence-electron chi connectivity index (χ0n) is 10.3. The van der Waals surface area contributed by atoms with Crippen molar-refractivity contribution in [3.05, 3.63) is 64.5 Å². The monoisotopic (exact) mass is 332 g/mol. The molecule has 5 heteroatoms. The molecule has 0 unspecified atom stereocenters. The number of H-pyrrole nitrogens is 1. The van der Waals surface area contributed by atoms with Crippen LogP contribution in [0.5, 0.6) is 0 Å². The van der Waals surface area contributed by atoms with Gasteiger partial charge in [-0.2, -0.15) is 0 Å². The zero-order valence-corrected chi connectivity index (χ0v) is 11.9. The molecule has 3 aromatic rings. The highest BCUT2D eigenvalue weighted by atomic mass is 79.9. The van der Waals surface area contributed by atoms with E-state index in [0.29, 0.717) is 10.0 Å². The number of para-hydroxylation sites is 1. The van der Waals surface area contributed by atoms with E-state index < -0.39 is 5.82 Å². The molecule has 0 aliphatic heterocycles. The lowest BCUT2D eigenvalue weighted by atomic mass is 10.1. The van der Waals surface area contributed by atoms with Gasteiger partial charge in [-0.3, -0.25) is 4.79 Å². The Labute approximate surface area is 122 Å². The maximum absolute atomic E-state index is 13.7. The average Bonchev–Trinajstić information content (AvgIpc) is 2.91. The lowest BCUT2D eigenvalue weighted by molar-refractivity contribution is 0.102. The average molecular weight is 333 g/mol. The molecule has 2 aromatic carbocycles. The van der Waals surface area contributed by atoms with Crippen molar-refractivity contribution < 1.29 is 9.18 Å². The summed E-state index contributed by atoms with van der Waals surface area (Å²) in [6, 6.07) is 11.7. The normalized spacial score (nSPS) is 10.7. The van der Waals surface area contributed by atoms with Gasteiger partial charge in [0.1, 0.15) is 5.82 Å². The predicted octanol–water partition coefficient (Wildman–Crippen LogP) is 4.32. The number of hydrogen-bond acceptors (Lipinski definition) is 1. The van der Waals surface area contributed by atoms with Crippen LogP contribution >= 0.6 is 15.9 Å². The second kappa shape index (κ2) is 5.09. The Morgan fingerprint density at radius 2 is 2.05 bits per heavy atom. The summed E-state index contributed by atoms with van der Waals surface area (Å²) >= 11 is 3.25. The molecule has 3 rings (SSSR count). The Bertz CT molecular complexity index is 797. The maximum Gasteiger partial charge on any atom is 0.257 e. The van der Waals surface area contributed by atoms with E-state index in [4.69, 9.17) is 0 Å². The maximum atomic E-state index is 13.7. The molecule has 20 heavy (non-hydrogen) atoms. The van der Waals surface area contributed by atoms with Crippen molar-refractivity contribution in [2.45, 2.75) is 0 Å². The molecule has 1 amide bonds. The molecule has 0 bridgehead atoms. The van der Waals surface area contributed by atoms with Crippen molar-refractivity contribution in [3.8, 4) is 0 Å². The van der Waals surface area contributed by atoms with Crippen molar-refractivity contribution in [3.63, 3.8) is 0 Å². The van der Waals surface area contributed by atoms with Crippen molar-refractivity contribution in [1.82, 2.24) is 4.98 Å². The highest BCUT2D eigenvalue weighted by Crippen LogP contribution is 2.22. The number of fused-ring (bicyclic) bond motifs is 1. The fraction of sp³-hybridized carbons (Fsp3) is 0. The highest BCUT2D eigenvalue weighted by molar-refractivity contribution is 9.10. The summed E-state index contributed by atoms with van der Waals surface area (Å²) < 4.78 is 14.4. The predicted molar refractivity (Wildman–Crippen MR) is 80.4 cm³/mol. The first kappa shape index (κ1) is 12.9. The van der Waals surface area contributed by atoms with E-state index in [1.54, 1.807) is 24.4 Å². The Hall–Kier alpha value is -2.14. The van der Waals surface area contributed by atoms with Gasteiger partial charge in [-0.25, -0.2) is 4.39 Å². The van der Waals surface area contributed by atoms with Gasteiger partial charge < -0.3 is 10.3 Å². The molecule has 1 aromatic heterocycles. The van der Waals surface area contributed by atoms with Crippen LogP contribution in [0.3, 0.4) is 0 Å². The van der Waals surface area contributed by atoms with E-state index in [-0.39, 0.29) is 11.6 Å². The number of amides is 1. The highest BCUT2D eigenvalue weighted by Gasteiger charge is 2.13. The van der Waals surface area contributed by atoms with Gasteiger partial charge in [0.2, 0.25) is 0 Å². The number of carbonyl (C=O) groups is 1. The van der Waals surface area contributed by atoms with Gasteiger partial charge in [0.15, 0.2) is 0 Å². The van der Waals surface area contributed by atoms with Crippen LogP contribution in [0.4, 0.5) is 10.1 Å². The minimum Gasteiger partial charge on any atom is -0.361 e. The molecule has 1 heterocycles. The number of nitrogens with one attached hydrogen (secondary N) is 2. The van der Waals surface area contributed by atoms with Gasteiger partial charge >= 0.3 is 0 Å². The molecule has 0 saturated carbocycles. The van der Waals surface area contributed by atoms with Crippen LogP contribution in [0.15, 0.2) is 53.1 Å². The second-order valence-corrected chi connectivity index (χ2v) is 5.24. The number of aromatic nitrogens is 1. The van der Waals surface area contributed by atoms with Crippen LogP contribution in [-0.2, 0) is 0 Å². The van der Waals surface area contributed by atoms with Gasteiger partial charge in [-0.05, 0) is 30.3 Å². The fourth-order valence-electron chi connectivity index (χ4n) is 2.06. The van der Waals surface area contributed by atoms with Crippen LogP contribution in [-0.4, -0.2) is 10.9 Å². The van der Waals surface area contributed by atoms with Gasteiger partial charge in [-0.1, -0.05) is 28.1 Å². The van der Waals surface area contributed by atoms with Crippen LogP contribution in [0, 0.1) is 5.82 Å². The lowest BCUT2D eigenvalue weighted by Crippen LogP contribution is -2.13. The van der Waals surface area contributed by atoms with E-state index in [1.165, 1.54) is 12.1 Å². The van der Waals surface area contributed by atoms with Gasteiger partial charge in [0.05, 0.1) is 16.8 Å². The molecule has 0 atom stereocenters. The number of anilines is 1. The molecule has 0 aliphatic carbocycles. The Morgan fingerprint density at radius 1 is 1.20 bits per heavy atom. The Morgan fingerprint density at radius 3 is 2.90 bits per heavy atom. The number of rotatable bonds is 2. The standard InChI is InChI=1S/C15H10BrFN2O/c16-10-4-5-12(17)13(8-10)19-15(20)11-3-1-2-9-6-7-18-14(9)11/h1-8,18H,(H,19,20). The number of aromatic amines is 1. The second-order valence-electron chi connectivity index (χ2n) is 4.33. The van der Waals surface area contributed by atoms with Crippen LogP contribution in [0.25, 0.3) is 10.9 Å². The number of hydrogen-bond donors (Lipinski definition) is 2. The van der Waals surface area contributed by atoms with Crippen LogP contribution in [0.1, 0.15) is 10.4 Å². The topological polar surface area (TPSA) is 44.9 Å². The quantitative estimate of drug-likeness (QED) is 0.721. The van der Waals surface area contributed by atoms with Crippen molar-refractivity contribution >= 4 is 38.4 Å². The fourth-order valence-corrected chi connectivity index (χ4v) is 2.42. The third-order valence-corrected chi connectivity index (χ3v) is 3.50. The molecule has 0 fully saturated rings. The van der Waals surface area contributed by atoms with Crippen LogP contribution in [0.2, 0.25) is 0 Å². The van der Waals surface area contributed by atoms with E-state index in [2.05, 4.69) is 26.2 Å². The largest absolute Gasteiger partial charge is 0.361 e. The first-order valence-electron chi connectivity index (χ1n) is 5.97. The van der Waals surface area contributed by atoms with Crippen LogP contribution < -0.4 is 5.32 Å². The Kier molecular flexibility index (Phi) is 3.28. The minimum atomic E-state index is -0.472. The molecule has 3 nitrogen and oxygen atoms in total. The summed E-state index contributed by atoms with van der Waals surface area (Å²) in [6.45, 7) is 0. The third kappa shape index (κ3) is 2.32. The Balaban J connectivity index is 1.97. The molecule has 2 N–H and O–H groups in total. The number of benzene rings is 2. The summed E-state index contributed by atoms with van der Waals surface area (Å²) in [4.78, 5) is 15.3. The lowest BCUT2D eigenvalue weighted by Gasteiger charge is -2.08. The summed E-state index contributed by atoms with van der Waals surface area (Å²) in [7, 11) is 0. The smallest absolute Gasteiger partial charge is 0.257 e. The molecule has 0 radical (unpaired) electrons. The van der Waals surface area contributed by atoms with Crippen molar-refractivity contribution in [2.24, 2.45) is 0 Å². The first-order chi connectivity index (χ1) is 9.65. The third-order valence-electron chi connectivity index (χ3n) is 3.01. The molecular weight excluding hydrogens is 323 g/mol. The minimum absolute atomic E-state index is 0.146. The van der Waals surface area contributed by atoms with E-state index >= 15 is 0 Å². The van der Waals surface area contributed by atoms with E-state index in [0.717, 1.165) is 10.9 Å². The summed E-state index contributed by atoms with van der Waals surface area (Å²) in [5, 5.41) is 3.52. The van der Waals surface area contributed by atoms with Crippen molar-refractivity contribution in [1.29, 1.82) is 0 Å². The van der Waals surface area contributed by atoms with E-state index in [9.17, 15) is 9.18 Å². The summed E-state index contributed by atoms with van der Waals surface area (Å²) in [6.07, 6.45) is 1.77. The molecule has 100 valence electrons. The number of carbonyl (C=O) groups excluding carboxylic acids is 1. The van der Waals surface area contributed by atoms with Gasteiger partial charge in [-0.15, -0.1) is 0 Å². The zero-order chi connectivity index (χ0) is 14.1. The molecule has 0 aliphatic rings. The van der Waals surface area contributed by atoms with Gasteiger partial charge in [0.25, 0.3) is 5.91 Å². The molecular formula is C15H10BrFN2O. The SMILES string of the molecule is O=C(Nc1cc(Br)ccc1F)c1cccc2cc[nH]c12. The first-order valence-corrected chi connectivity index (χ1v) is 6.77. The summed E-state index contributed by atoms with van der Waals surface area (Å²) in [5.41, 5.74) is 1.36. The van der Waals surface area contributed by atoms with Gasteiger partial charge in [0, 0.05) is 16.1 Å². The molecule has 0 spiro atoms. The number of halogens is 2. The van der Waals surface area contributed by atoms with Crippen molar-refractivity contribution in [2.75, 3.05) is 5.32 Å². The molecule has 0 saturated heterocycles. The van der Waals surface area contributed by atoms with E-state index in [1.807, 2.05) is 12.1 Å².